The maximum absolute atomic E-state index is 5.90. The molecule has 0 aliphatic carbocycles. The Hall–Kier alpha value is -0.530. The predicted octanol–water partition coefficient (Wildman–Crippen LogP) is 3.49. The van der Waals surface area contributed by atoms with Crippen molar-refractivity contribution in [2.24, 2.45) is 0 Å². The van der Waals surface area contributed by atoms with Gasteiger partial charge in [-0.2, -0.15) is 0 Å². The molecule has 0 radical (unpaired) electrons. The summed E-state index contributed by atoms with van der Waals surface area (Å²) < 4.78 is 0. The van der Waals surface area contributed by atoms with Gasteiger partial charge in [-0.15, -0.1) is 0 Å². The van der Waals surface area contributed by atoms with Crippen molar-refractivity contribution in [1.82, 2.24) is 4.90 Å². The van der Waals surface area contributed by atoms with E-state index in [4.69, 9.17) is 11.6 Å². The van der Waals surface area contributed by atoms with Gasteiger partial charge in [0.1, 0.15) is 0 Å². The van der Waals surface area contributed by atoms with E-state index in [9.17, 15) is 0 Å². The second-order valence-corrected chi connectivity index (χ2v) is 5.12. The van der Waals surface area contributed by atoms with Gasteiger partial charge in [0.05, 0.1) is 0 Å². The van der Waals surface area contributed by atoms with Crippen LogP contribution in [0.25, 0.3) is 0 Å². The Labute approximate surface area is 97.0 Å². The standard InChI is InChI=1S/C13H17ClN/c1-13(7-9-15(2)10-8-13)11-3-5-12(14)6-4-11/h3-6H,2,7-10H2,1H3/q-1. The van der Waals surface area contributed by atoms with E-state index in [-0.39, 0.29) is 0 Å². The highest BCUT2D eigenvalue weighted by Crippen LogP contribution is 2.35. The van der Waals surface area contributed by atoms with Gasteiger partial charge in [-0.05, 0) is 49.0 Å². The molecule has 1 heterocycles. The molecule has 2 rings (SSSR count). The molecule has 15 heavy (non-hydrogen) atoms. The number of halogens is 1. The summed E-state index contributed by atoms with van der Waals surface area (Å²) >= 11 is 5.90. The summed E-state index contributed by atoms with van der Waals surface area (Å²) in [7, 11) is 3.98. The largest absolute Gasteiger partial charge is 0.459 e. The fraction of sp³-hybridized carbons (Fsp3) is 0.462. The lowest BCUT2D eigenvalue weighted by Gasteiger charge is -2.42. The lowest BCUT2D eigenvalue weighted by molar-refractivity contribution is 0.218. The van der Waals surface area contributed by atoms with Crippen molar-refractivity contribution in [2.45, 2.75) is 25.2 Å². The quantitative estimate of drug-likeness (QED) is 0.658. The molecule has 1 fully saturated rings. The highest BCUT2D eigenvalue weighted by Gasteiger charge is 2.28. The van der Waals surface area contributed by atoms with Gasteiger partial charge >= 0.3 is 0 Å². The molecule has 0 aromatic heterocycles. The van der Waals surface area contributed by atoms with E-state index in [2.05, 4.69) is 31.0 Å². The fourth-order valence-electron chi connectivity index (χ4n) is 2.19. The minimum atomic E-state index is 0.304. The van der Waals surface area contributed by atoms with E-state index in [1.807, 2.05) is 12.1 Å². The zero-order valence-electron chi connectivity index (χ0n) is 9.17. The van der Waals surface area contributed by atoms with Crippen LogP contribution < -0.4 is 0 Å². The molecule has 0 saturated carbocycles. The van der Waals surface area contributed by atoms with E-state index in [0.717, 1.165) is 18.1 Å². The van der Waals surface area contributed by atoms with Crippen LogP contribution in [0.3, 0.4) is 0 Å². The van der Waals surface area contributed by atoms with E-state index < -0.39 is 0 Å². The van der Waals surface area contributed by atoms with Crippen molar-refractivity contribution >= 4 is 11.6 Å². The van der Waals surface area contributed by atoms with E-state index in [1.54, 1.807) is 0 Å². The molecule has 1 saturated heterocycles. The minimum Gasteiger partial charge on any atom is -0.459 e. The van der Waals surface area contributed by atoms with Crippen molar-refractivity contribution in [2.75, 3.05) is 13.1 Å². The normalized spacial score (nSPS) is 21.5. The first-order valence-electron chi connectivity index (χ1n) is 5.42. The third-order valence-electron chi connectivity index (χ3n) is 3.50. The number of piperidine rings is 1. The molecule has 0 bridgehead atoms. The van der Waals surface area contributed by atoms with Crippen molar-refractivity contribution in [3.05, 3.63) is 41.9 Å². The first kappa shape index (κ1) is 11.0. The molecule has 1 aliphatic rings. The molecule has 1 nitrogen and oxygen atoms in total. The maximum Gasteiger partial charge on any atom is 0.0406 e. The van der Waals surface area contributed by atoms with Crippen LogP contribution >= 0.6 is 11.6 Å². The van der Waals surface area contributed by atoms with Gasteiger partial charge in [0, 0.05) is 5.02 Å². The molecule has 0 unspecified atom stereocenters. The third kappa shape index (κ3) is 2.35. The smallest absolute Gasteiger partial charge is 0.0406 e. The first-order valence-corrected chi connectivity index (χ1v) is 5.79. The first-order chi connectivity index (χ1) is 7.10. The monoisotopic (exact) mass is 222 g/mol. The second-order valence-electron chi connectivity index (χ2n) is 4.69. The van der Waals surface area contributed by atoms with Crippen molar-refractivity contribution in [3.8, 4) is 0 Å². The van der Waals surface area contributed by atoms with Gasteiger partial charge in [0.2, 0.25) is 0 Å². The highest BCUT2D eigenvalue weighted by molar-refractivity contribution is 6.30. The molecule has 2 heteroatoms. The van der Waals surface area contributed by atoms with Gasteiger partial charge in [-0.3, -0.25) is 7.05 Å². The van der Waals surface area contributed by atoms with Crippen LogP contribution in [0.15, 0.2) is 24.3 Å². The van der Waals surface area contributed by atoms with Crippen molar-refractivity contribution < 1.29 is 0 Å². The Bertz CT molecular complexity index is 323. The number of hydrogen-bond donors (Lipinski definition) is 0. The Morgan fingerprint density at radius 1 is 1.20 bits per heavy atom. The molecule has 0 atom stereocenters. The molecule has 1 aliphatic heterocycles. The topological polar surface area (TPSA) is 3.24 Å². The number of hydrogen-bond acceptors (Lipinski definition) is 1. The van der Waals surface area contributed by atoms with Crippen LogP contribution in [0, 0.1) is 7.05 Å². The average molecular weight is 223 g/mol. The summed E-state index contributed by atoms with van der Waals surface area (Å²) in [6.07, 6.45) is 2.36. The lowest BCUT2D eigenvalue weighted by Crippen LogP contribution is -2.37. The van der Waals surface area contributed by atoms with Crippen LogP contribution in [0.4, 0.5) is 0 Å². The molecule has 0 spiro atoms. The lowest BCUT2D eigenvalue weighted by atomic mass is 9.75. The molecule has 1 aromatic carbocycles. The zero-order chi connectivity index (χ0) is 10.9. The van der Waals surface area contributed by atoms with Crippen molar-refractivity contribution in [1.29, 1.82) is 0 Å². The van der Waals surface area contributed by atoms with Crippen LogP contribution in [0.2, 0.25) is 5.02 Å². The Morgan fingerprint density at radius 2 is 1.73 bits per heavy atom. The van der Waals surface area contributed by atoms with E-state index in [0.29, 0.717) is 5.41 Å². The zero-order valence-corrected chi connectivity index (χ0v) is 9.93. The van der Waals surface area contributed by atoms with Crippen LogP contribution in [0.1, 0.15) is 25.3 Å². The molecule has 0 N–H and O–H groups in total. The summed E-state index contributed by atoms with van der Waals surface area (Å²) in [6.45, 7) is 4.50. The predicted molar refractivity (Wildman–Crippen MR) is 65.0 cm³/mol. The van der Waals surface area contributed by atoms with Crippen LogP contribution in [-0.2, 0) is 5.41 Å². The number of benzene rings is 1. The average Bonchev–Trinajstić information content (AvgIpc) is 2.24. The summed E-state index contributed by atoms with van der Waals surface area (Å²) in [5.41, 5.74) is 1.71. The number of rotatable bonds is 1. The SMILES string of the molecule is [CH2-]N1CCC(C)(c2ccc(Cl)cc2)CC1. The molecular formula is C13H17ClN-. The third-order valence-corrected chi connectivity index (χ3v) is 3.75. The summed E-state index contributed by atoms with van der Waals surface area (Å²) in [5, 5.41) is 0.817. The van der Waals surface area contributed by atoms with Crippen LogP contribution in [0.5, 0.6) is 0 Å². The number of likely N-dealkylation sites (tertiary alicyclic amines) is 1. The molecule has 82 valence electrons. The van der Waals surface area contributed by atoms with Gasteiger partial charge in [0.25, 0.3) is 0 Å². The Morgan fingerprint density at radius 3 is 2.27 bits per heavy atom. The Balaban J connectivity index is 2.18. The fourth-order valence-corrected chi connectivity index (χ4v) is 2.31. The molecular weight excluding hydrogens is 206 g/mol. The second kappa shape index (κ2) is 4.15. The van der Waals surface area contributed by atoms with Crippen LogP contribution in [-0.4, -0.2) is 18.0 Å². The number of nitrogens with zero attached hydrogens (tertiary/aromatic N) is 1. The van der Waals surface area contributed by atoms with E-state index in [1.165, 1.54) is 18.4 Å². The Kier molecular flexibility index (Phi) is 3.03. The van der Waals surface area contributed by atoms with Gasteiger partial charge in [-0.1, -0.05) is 30.7 Å². The van der Waals surface area contributed by atoms with Gasteiger partial charge < -0.3 is 4.90 Å². The van der Waals surface area contributed by atoms with Gasteiger partial charge in [-0.25, -0.2) is 0 Å². The van der Waals surface area contributed by atoms with E-state index >= 15 is 0 Å². The summed E-state index contributed by atoms with van der Waals surface area (Å²) in [4.78, 5) is 2.15. The summed E-state index contributed by atoms with van der Waals surface area (Å²) in [5.74, 6) is 0. The molecule has 1 aromatic rings. The highest BCUT2D eigenvalue weighted by atomic mass is 35.5. The van der Waals surface area contributed by atoms with Gasteiger partial charge in [0.15, 0.2) is 0 Å². The van der Waals surface area contributed by atoms with Crippen molar-refractivity contribution in [3.63, 3.8) is 0 Å². The maximum atomic E-state index is 5.90. The minimum absolute atomic E-state index is 0.304. The summed E-state index contributed by atoms with van der Waals surface area (Å²) in [6, 6.07) is 8.28. The molecule has 0 amide bonds.